The molecule has 0 radical (unpaired) electrons. The van der Waals surface area contributed by atoms with E-state index in [-0.39, 0.29) is 11.9 Å². The summed E-state index contributed by atoms with van der Waals surface area (Å²) in [6, 6.07) is 20.6. The number of rotatable bonds is 9. The fourth-order valence-electron chi connectivity index (χ4n) is 4.28. The lowest BCUT2D eigenvalue weighted by Crippen LogP contribution is -2.13. The SMILES string of the molecule is CCOC(=O)CC1Cc2ccc(OCCCNc3ccccn3)cc2Cc2ccccc21. The summed E-state index contributed by atoms with van der Waals surface area (Å²) in [5.74, 6) is 1.78. The van der Waals surface area contributed by atoms with Crippen molar-refractivity contribution in [3.63, 3.8) is 0 Å². The van der Waals surface area contributed by atoms with Gasteiger partial charge in [0.1, 0.15) is 11.6 Å². The Morgan fingerprint density at radius 3 is 2.78 bits per heavy atom. The molecule has 5 nitrogen and oxygen atoms in total. The number of nitrogens with zero attached hydrogens (tertiary/aromatic N) is 1. The van der Waals surface area contributed by atoms with Crippen LogP contribution in [0.2, 0.25) is 0 Å². The molecule has 1 aliphatic rings. The van der Waals surface area contributed by atoms with Gasteiger partial charge in [0, 0.05) is 12.7 Å². The van der Waals surface area contributed by atoms with Crippen LogP contribution in [0.1, 0.15) is 47.9 Å². The molecule has 166 valence electrons. The first kappa shape index (κ1) is 21.9. The normalized spacial score (nSPS) is 14.6. The van der Waals surface area contributed by atoms with Gasteiger partial charge in [0.05, 0.1) is 19.6 Å². The van der Waals surface area contributed by atoms with Crippen molar-refractivity contribution >= 4 is 11.8 Å². The van der Waals surface area contributed by atoms with Gasteiger partial charge in [0.25, 0.3) is 0 Å². The lowest BCUT2D eigenvalue weighted by molar-refractivity contribution is -0.143. The number of carbonyl (C=O) groups excluding carboxylic acids is 1. The van der Waals surface area contributed by atoms with Crippen molar-refractivity contribution in [2.24, 2.45) is 0 Å². The Kier molecular flexibility index (Phi) is 7.38. The van der Waals surface area contributed by atoms with E-state index < -0.39 is 0 Å². The molecule has 1 aromatic heterocycles. The van der Waals surface area contributed by atoms with E-state index >= 15 is 0 Å². The Morgan fingerprint density at radius 1 is 1.06 bits per heavy atom. The van der Waals surface area contributed by atoms with E-state index in [4.69, 9.17) is 9.47 Å². The van der Waals surface area contributed by atoms with Crippen molar-refractivity contribution in [2.75, 3.05) is 25.1 Å². The molecule has 1 unspecified atom stereocenters. The van der Waals surface area contributed by atoms with Crippen LogP contribution < -0.4 is 10.1 Å². The van der Waals surface area contributed by atoms with Gasteiger partial charge in [-0.25, -0.2) is 4.98 Å². The summed E-state index contributed by atoms with van der Waals surface area (Å²) in [7, 11) is 0. The Hall–Kier alpha value is -3.34. The van der Waals surface area contributed by atoms with Crippen LogP contribution in [-0.2, 0) is 22.4 Å². The van der Waals surface area contributed by atoms with E-state index in [1.165, 1.54) is 22.3 Å². The van der Waals surface area contributed by atoms with Crippen LogP contribution in [0.5, 0.6) is 5.75 Å². The number of hydrogen-bond donors (Lipinski definition) is 1. The number of aromatic nitrogens is 1. The molecule has 32 heavy (non-hydrogen) atoms. The third-order valence-electron chi connectivity index (χ3n) is 5.80. The molecule has 1 atom stereocenters. The Bertz CT molecular complexity index is 1040. The van der Waals surface area contributed by atoms with Crippen LogP contribution in [0.25, 0.3) is 0 Å². The Morgan fingerprint density at radius 2 is 1.94 bits per heavy atom. The minimum absolute atomic E-state index is 0.130. The molecular weight excluding hydrogens is 400 g/mol. The van der Waals surface area contributed by atoms with Crippen molar-refractivity contribution in [2.45, 2.75) is 38.5 Å². The molecule has 0 spiro atoms. The molecule has 5 heteroatoms. The highest BCUT2D eigenvalue weighted by molar-refractivity contribution is 5.71. The molecule has 2 aromatic carbocycles. The second-order valence-electron chi connectivity index (χ2n) is 8.06. The average molecular weight is 431 g/mol. The summed E-state index contributed by atoms with van der Waals surface area (Å²) in [5, 5.41) is 3.30. The highest BCUT2D eigenvalue weighted by atomic mass is 16.5. The second kappa shape index (κ2) is 10.8. The number of ether oxygens (including phenoxy) is 2. The van der Waals surface area contributed by atoms with Gasteiger partial charge in [-0.1, -0.05) is 36.4 Å². The third-order valence-corrected chi connectivity index (χ3v) is 5.80. The largest absolute Gasteiger partial charge is 0.494 e. The molecule has 0 aliphatic heterocycles. The van der Waals surface area contributed by atoms with Gasteiger partial charge in [0.15, 0.2) is 0 Å². The van der Waals surface area contributed by atoms with Crippen LogP contribution in [0.4, 0.5) is 5.82 Å². The molecule has 1 N–H and O–H groups in total. The van der Waals surface area contributed by atoms with E-state index in [0.717, 1.165) is 37.4 Å². The summed E-state index contributed by atoms with van der Waals surface area (Å²) in [4.78, 5) is 16.5. The van der Waals surface area contributed by atoms with E-state index in [2.05, 4.69) is 46.7 Å². The number of anilines is 1. The minimum atomic E-state index is -0.130. The minimum Gasteiger partial charge on any atom is -0.494 e. The van der Waals surface area contributed by atoms with Gasteiger partial charge in [-0.05, 0) is 78.6 Å². The molecule has 0 bridgehead atoms. The van der Waals surface area contributed by atoms with Gasteiger partial charge in [-0.15, -0.1) is 0 Å². The molecule has 0 saturated heterocycles. The van der Waals surface area contributed by atoms with Crippen LogP contribution in [0.3, 0.4) is 0 Å². The highest BCUT2D eigenvalue weighted by Gasteiger charge is 2.24. The van der Waals surface area contributed by atoms with Crippen molar-refractivity contribution in [3.8, 4) is 5.75 Å². The fourth-order valence-corrected chi connectivity index (χ4v) is 4.28. The zero-order valence-electron chi connectivity index (χ0n) is 18.5. The summed E-state index contributed by atoms with van der Waals surface area (Å²) >= 11 is 0. The van der Waals surface area contributed by atoms with Crippen LogP contribution in [-0.4, -0.2) is 30.7 Å². The first-order chi connectivity index (χ1) is 15.7. The molecule has 0 fully saturated rings. The average Bonchev–Trinajstić information content (AvgIpc) is 2.96. The third kappa shape index (κ3) is 5.67. The zero-order valence-corrected chi connectivity index (χ0v) is 18.5. The van der Waals surface area contributed by atoms with Gasteiger partial charge in [-0.3, -0.25) is 4.79 Å². The number of nitrogens with one attached hydrogen (secondary N) is 1. The van der Waals surface area contributed by atoms with Crippen LogP contribution >= 0.6 is 0 Å². The second-order valence-corrected chi connectivity index (χ2v) is 8.06. The number of esters is 1. The maximum Gasteiger partial charge on any atom is 0.306 e. The zero-order chi connectivity index (χ0) is 22.2. The predicted octanol–water partition coefficient (Wildman–Crippen LogP) is 5.15. The van der Waals surface area contributed by atoms with Crippen molar-refractivity contribution in [1.29, 1.82) is 0 Å². The standard InChI is InChI=1S/C27H30N2O3/c1-2-31-27(30)19-23-16-20-11-12-24(18-22(20)17-21-8-3-4-9-25(21)23)32-15-7-14-29-26-10-5-6-13-28-26/h3-6,8-13,18,23H,2,7,14-17,19H2,1H3,(H,28,29). The van der Waals surface area contributed by atoms with Crippen LogP contribution in [0, 0.1) is 0 Å². The van der Waals surface area contributed by atoms with Gasteiger partial charge >= 0.3 is 5.97 Å². The molecule has 3 aromatic rings. The number of fused-ring (bicyclic) bond motifs is 2. The summed E-state index contributed by atoms with van der Waals surface area (Å²) in [5.41, 5.74) is 5.07. The number of benzene rings is 2. The summed E-state index contributed by atoms with van der Waals surface area (Å²) in [6.07, 6.45) is 4.76. The first-order valence-electron chi connectivity index (χ1n) is 11.4. The van der Waals surface area contributed by atoms with E-state index in [1.54, 1.807) is 6.20 Å². The maximum atomic E-state index is 12.2. The summed E-state index contributed by atoms with van der Waals surface area (Å²) < 4.78 is 11.3. The highest BCUT2D eigenvalue weighted by Crippen LogP contribution is 2.35. The lowest BCUT2D eigenvalue weighted by atomic mass is 9.89. The van der Waals surface area contributed by atoms with Crippen molar-refractivity contribution in [1.82, 2.24) is 4.98 Å². The van der Waals surface area contributed by atoms with Crippen molar-refractivity contribution in [3.05, 3.63) is 89.1 Å². The molecular formula is C27H30N2O3. The van der Waals surface area contributed by atoms with Gasteiger partial charge < -0.3 is 14.8 Å². The van der Waals surface area contributed by atoms with Crippen LogP contribution in [0.15, 0.2) is 66.9 Å². The fraction of sp³-hybridized carbons (Fsp3) is 0.333. The maximum absolute atomic E-state index is 12.2. The number of carbonyl (C=O) groups is 1. The van der Waals surface area contributed by atoms with Crippen molar-refractivity contribution < 1.29 is 14.3 Å². The summed E-state index contributed by atoms with van der Waals surface area (Å²) in [6.45, 7) is 3.72. The predicted molar refractivity (Wildman–Crippen MR) is 126 cm³/mol. The molecule has 1 heterocycles. The number of pyridine rings is 1. The lowest BCUT2D eigenvalue weighted by Gasteiger charge is -2.17. The molecule has 0 saturated carbocycles. The topological polar surface area (TPSA) is 60.5 Å². The first-order valence-corrected chi connectivity index (χ1v) is 11.4. The van der Waals surface area contributed by atoms with E-state index in [1.807, 2.05) is 31.2 Å². The monoisotopic (exact) mass is 430 g/mol. The molecule has 0 amide bonds. The van der Waals surface area contributed by atoms with Gasteiger partial charge in [0.2, 0.25) is 0 Å². The Balaban J connectivity index is 1.40. The Labute approximate surface area is 189 Å². The van der Waals surface area contributed by atoms with E-state index in [0.29, 0.717) is 19.6 Å². The van der Waals surface area contributed by atoms with E-state index in [9.17, 15) is 4.79 Å². The molecule has 1 aliphatic carbocycles. The van der Waals surface area contributed by atoms with Gasteiger partial charge in [-0.2, -0.15) is 0 Å². The molecule has 4 rings (SSSR count). The number of hydrogen-bond acceptors (Lipinski definition) is 5. The quantitative estimate of drug-likeness (QED) is 0.376. The smallest absolute Gasteiger partial charge is 0.306 e.